The first-order valence-corrected chi connectivity index (χ1v) is 7.35. The first-order chi connectivity index (χ1) is 9.40. The molecule has 7 heteroatoms. The third-order valence-electron chi connectivity index (χ3n) is 3.01. The summed E-state index contributed by atoms with van der Waals surface area (Å²) in [6.07, 6.45) is 1.84. The molecule has 1 fully saturated rings. The maximum Gasteiger partial charge on any atom is 0.338 e. The molecule has 0 saturated heterocycles. The van der Waals surface area contributed by atoms with Crippen LogP contribution in [0, 0.1) is 5.82 Å². The number of halogens is 1. The van der Waals surface area contributed by atoms with Gasteiger partial charge in [0.15, 0.2) is 0 Å². The van der Waals surface area contributed by atoms with Crippen molar-refractivity contribution >= 4 is 22.7 Å². The van der Waals surface area contributed by atoms with Crippen LogP contribution >= 0.6 is 0 Å². The summed E-state index contributed by atoms with van der Waals surface area (Å²) in [5.41, 5.74) is -0.550. The molecule has 0 heterocycles. The molecule has 0 spiro atoms. The van der Waals surface area contributed by atoms with Crippen molar-refractivity contribution in [2.45, 2.75) is 36.0 Å². The zero-order valence-corrected chi connectivity index (χ0v) is 11.6. The molecule has 20 heavy (non-hydrogen) atoms. The van der Waals surface area contributed by atoms with E-state index >= 15 is 0 Å². The van der Waals surface area contributed by atoms with Gasteiger partial charge in [-0.15, -0.1) is 0 Å². The molecule has 5 nitrogen and oxygen atoms in total. The Morgan fingerprint density at radius 2 is 2.10 bits per heavy atom. The normalized spacial score (nSPS) is 17.3. The van der Waals surface area contributed by atoms with E-state index in [1.165, 1.54) is 13.0 Å². The Bertz CT molecular complexity index is 586. The minimum absolute atomic E-state index is 0.127. The van der Waals surface area contributed by atoms with Crippen molar-refractivity contribution in [3.8, 4) is 0 Å². The Morgan fingerprint density at radius 1 is 1.45 bits per heavy atom. The topological polar surface area (TPSA) is 83.5 Å². The fraction of sp³-hybridized carbons (Fsp3) is 0.385. The van der Waals surface area contributed by atoms with Crippen LogP contribution in [-0.2, 0) is 15.6 Å². The lowest BCUT2D eigenvalue weighted by Gasteiger charge is -2.12. The second kappa shape index (κ2) is 5.70. The number of carboxylic acid groups (broad SMARTS) is 1. The summed E-state index contributed by atoms with van der Waals surface area (Å²) in [5.74, 6) is -2.67. The Morgan fingerprint density at radius 3 is 2.65 bits per heavy atom. The van der Waals surface area contributed by atoms with Crippen molar-refractivity contribution < 1.29 is 23.3 Å². The number of carbonyl (C=O) groups excluding carboxylic acids is 1. The van der Waals surface area contributed by atoms with Crippen molar-refractivity contribution in [1.29, 1.82) is 0 Å². The number of amides is 1. The van der Waals surface area contributed by atoms with Crippen LogP contribution in [0.15, 0.2) is 23.1 Å². The Kier molecular flexibility index (Phi) is 4.17. The molecule has 0 aromatic heterocycles. The van der Waals surface area contributed by atoms with Crippen LogP contribution in [-0.4, -0.2) is 32.5 Å². The van der Waals surface area contributed by atoms with Crippen molar-refractivity contribution in [3.63, 3.8) is 0 Å². The molecule has 1 amide bonds. The SMILES string of the molecule is CC(C(=O)NC1CC1)S(=O)c1ccc(F)c(C(=O)O)c1. The van der Waals surface area contributed by atoms with Crippen molar-refractivity contribution in [2.75, 3.05) is 0 Å². The average Bonchev–Trinajstić information content (AvgIpc) is 3.21. The van der Waals surface area contributed by atoms with Gasteiger partial charge in [-0.2, -0.15) is 0 Å². The smallest absolute Gasteiger partial charge is 0.338 e. The van der Waals surface area contributed by atoms with Crippen molar-refractivity contribution in [3.05, 3.63) is 29.6 Å². The van der Waals surface area contributed by atoms with Crippen molar-refractivity contribution in [1.82, 2.24) is 5.32 Å². The number of benzene rings is 1. The van der Waals surface area contributed by atoms with Crippen LogP contribution in [0.1, 0.15) is 30.1 Å². The highest BCUT2D eigenvalue weighted by Gasteiger charge is 2.29. The monoisotopic (exact) mass is 299 g/mol. The fourth-order valence-corrected chi connectivity index (χ4v) is 2.75. The third kappa shape index (κ3) is 3.22. The van der Waals surface area contributed by atoms with Gasteiger partial charge in [-0.3, -0.25) is 9.00 Å². The first-order valence-electron chi connectivity index (χ1n) is 6.14. The highest BCUT2D eigenvalue weighted by molar-refractivity contribution is 7.86. The molecular formula is C13H14FNO4S. The molecule has 2 rings (SSSR count). The van der Waals surface area contributed by atoms with Crippen LogP contribution in [0.25, 0.3) is 0 Å². The largest absolute Gasteiger partial charge is 0.478 e. The van der Waals surface area contributed by atoms with E-state index < -0.39 is 33.4 Å². The molecule has 108 valence electrons. The van der Waals surface area contributed by atoms with E-state index in [2.05, 4.69) is 5.32 Å². The molecule has 1 saturated carbocycles. The molecule has 2 unspecified atom stereocenters. The van der Waals surface area contributed by atoms with Gasteiger partial charge in [-0.25, -0.2) is 9.18 Å². The van der Waals surface area contributed by atoms with Gasteiger partial charge in [0.1, 0.15) is 11.1 Å². The summed E-state index contributed by atoms with van der Waals surface area (Å²) in [6, 6.07) is 3.35. The number of aromatic carboxylic acids is 1. The van der Waals surface area contributed by atoms with Gasteiger partial charge in [0.25, 0.3) is 0 Å². The van der Waals surface area contributed by atoms with Gasteiger partial charge in [0, 0.05) is 10.9 Å². The second-order valence-electron chi connectivity index (χ2n) is 4.67. The molecule has 1 aliphatic rings. The third-order valence-corrected chi connectivity index (χ3v) is 4.59. The minimum atomic E-state index is -1.72. The van der Waals surface area contributed by atoms with Gasteiger partial charge in [0.2, 0.25) is 5.91 Å². The molecule has 0 bridgehead atoms. The fourth-order valence-electron chi connectivity index (χ4n) is 1.64. The number of hydrogen-bond donors (Lipinski definition) is 2. The molecule has 0 aliphatic heterocycles. The molecule has 1 aromatic carbocycles. The van der Waals surface area contributed by atoms with E-state index in [0.717, 1.165) is 25.0 Å². The minimum Gasteiger partial charge on any atom is -0.478 e. The number of nitrogens with one attached hydrogen (secondary N) is 1. The quantitative estimate of drug-likeness (QED) is 0.858. The van der Waals surface area contributed by atoms with Gasteiger partial charge < -0.3 is 10.4 Å². The number of carbonyl (C=O) groups is 2. The summed E-state index contributed by atoms with van der Waals surface area (Å²) in [7, 11) is -1.72. The zero-order valence-electron chi connectivity index (χ0n) is 10.8. The van der Waals surface area contributed by atoms with Crippen molar-refractivity contribution in [2.24, 2.45) is 0 Å². The van der Waals surface area contributed by atoms with Crippen LogP contribution in [0.5, 0.6) is 0 Å². The number of rotatable bonds is 5. The van der Waals surface area contributed by atoms with Gasteiger partial charge in [-0.1, -0.05) is 0 Å². The molecular weight excluding hydrogens is 285 g/mol. The summed E-state index contributed by atoms with van der Waals surface area (Å²) < 4.78 is 25.5. The highest BCUT2D eigenvalue weighted by atomic mass is 32.2. The molecule has 1 aromatic rings. The van der Waals surface area contributed by atoms with Crippen LogP contribution in [0.3, 0.4) is 0 Å². The maximum atomic E-state index is 13.3. The van der Waals surface area contributed by atoms with E-state index in [-0.39, 0.29) is 16.8 Å². The highest BCUT2D eigenvalue weighted by Crippen LogP contribution is 2.20. The number of carboxylic acids is 1. The lowest BCUT2D eigenvalue weighted by molar-refractivity contribution is -0.120. The lowest BCUT2D eigenvalue weighted by atomic mass is 10.2. The molecule has 0 radical (unpaired) electrons. The van der Waals surface area contributed by atoms with E-state index in [1.807, 2.05) is 0 Å². The standard InChI is InChI=1S/C13H14FNO4S/c1-7(12(16)15-8-2-3-8)20(19)9-4-5-11(14)10(6-9)13(17)18/h4-8H,2-3H2,1H3,(H,15,16)(H,17,18). The average molecular weight is 299 g/mol. The van der Waals surface area contributed by atoms with E-state index in [1.54, 1.807) is 0 Å². The number of hydrogen-bond acceptors (Lipinski definition) is 3. The van der Waals surface area contributed by atoms with Crippen LogP contribution in [0.4, 0.5) is 4.39 Å². The Hall–Kier alpha value is -1.76. The predicted octanol–water partition coefficient (Wildman–Crippen LogP) is 1.30. The predicted molar refractivity (Wildman–Crippen MR) is 70.4 cm³/mol. The summed E-state index contributed by atoms with van der Waals surface area (Å²) >= 11 is 0. The Balaban J connectivity index is 2.17. The molecule has 2 N–H and O–H groups in total. The van der Waals surface area contributed by atoms with Gasteiger partial charge >= 0.3 is 5.97 Å². The van der Waals surface area contributed by atoms with Gasteiger partial charge in [-0.05, 0) is 38.0 Å². The zero-order chi connectivity index (χ0) is 14.9. The molecule has 2 atom stereocenters. The maximum absolute atomic E-state index is 13.3. The summed E-state index contributed by atoms with van der Waals surface area (Å²) in [4.78, 5) is 22.8. The van der Waals surface area contributed by atoms with E-state index in [4.69, 9.17) is 5.11 Å². The van der Waals surface area contributed by atoms with E-state index in [9.17, 15) is 18.2 Å². The lowest BCUT2D eigenvalue weighted by Crippen LogP contribution is -2.36. The van der Waals surface area contributed by atoms with Crippen LogP contribution < -0.4 is 5.32 Å². The van der Waals surface area contributed by atoms with E-state index in [0.29, 0.717) is 0 Å². The summed E-state index contributed by atoms with van der Waals surface area (Å²) in [6.45, 7) is 1.50. The van der Waals surface area contributed by atoms with Crippen LogP contribution in [0.2, 0.25) is 0 Å². The van der Waals surface area contributed by atoms with Gasteiger partial charge in [0.05, 0.1) is 16.4 Å². The second-order valence-corrected chi connectivity index (χ2v) is 6.44. The Labute approximate surface area is 117 Å². The molecule has 1 aliphatic carbocycles. The first kappa shape index (κ1) is 14.6. The summed E-state index contributed by atoms with van der Waals surface area (Å²) in [5, 5.41) is 10.7.